The Balaban J connectivity index is 2.40. The average molecular weight is 276 g/mol. The van der Waals surface area contributed by atoms with E-state index in [0.717, 1.165) is 21.2 Å². The van der Waals surface area contributed by atoms with Crippen LogP contribution in [0.1, 0.15) is 11.4 Å². The topological polar surface area (TPSA) is 73.1 Å². The number of hydrogen-bond acceptors (Lipinski definition) is 6. The fourth-order valence-corrected chi connectivity index (χ4v) is 2.68. The first-order chi connectivity index (χ1) is 9.15. The van der Waals surface area contributed by atoms with Gasteiger partial charge in [-0.2, -0.15) is 0 Å². The average Bonchev–Trinajstić information content (AvgIpc) is 2.43. The van der Waals surface area contributed by atoms with Gasteiger partial charge in [0.05, 0.1) is 12.0 Å². The van der Waals surface area contributed by atoms with E-state index >= 15 is 0 Å². The number of hydrogen-bond donors (Lipinski definition) is 2. The van der Waals surface area contributed by atoms with Gasteiger partial charge < -0.3 is 10.2 Å². The van der Waals surface area contributed by atoms with Crippen LogP contribution in [0, 0.1) is 13.8 Å². The van der Waals surface area contributed by atoms with Crippen LogP contribution >= 0.6 is 11.8 Å². The Morgan fingerprint density at radius 1 is 1.21 bits per heavy atom. The van der Waals surface area contributed by atoms with Gasteiger partial charge in [-0.1, -0.05) is 23.9 Å². The van der Waals surface area contributed by atoms with Crippen molar-refractivity contribution in [2.75, 3.05) is 12.5 Å². The second kappa shape index (κ2) is 5.90. The van der Waals surface area contributed by atoms with Crippen LogP contribution in [-0.4, -0.2) is 17.1 Å². The van der Waals surface area contributed by atoms with Gasteiger partial charge >= 0.3 is 0 Å². The summed E-state index contributed by atoms with van der Waals surface area (Å²) in [6.45, 7) is 3.78. The van der Waals surface area contributed by atoms with Gasteiger partial charge in [0.15, 0.2) is 0 Å². The zero-order valence-electron chi connectivity index (χ0n) is 11.1. The lowest BCUT2D eigenvalue weighted by atomic mass is 10.3. The quantitative estimate of drug-likeness (QED) is 0.508. The van der Waals surface area contributed by atoms with E-state index in [1.54, 1.807) is 7.11 Å². The van der Waals surface area contributed by atoms with Crippen molar-refractivity contribution in [1.29, 1.82) is 0 Å². The Hall–Kier alpha value is -1.79. The fraction of sp³-hybridized carbons (Fsp3) is 0.231. The molecule has 0 radical (unpaired) electrons. The molecule has 1 aromatic carbocycles. The molecule has 0 spiro atoms. The molecule has 0 fully saturated rings. The molecule has 2 rings (SSSR count). The van der Waals surface area contributed by atoms with Gasteiger partial charge in [0.2, 0.25) is 0 Å². The summed E-state index contributed by atoms with van der Waals surface area (Å²) in [5.74, 6) is 7.61. The summed E-state index contributed by atoms with van der Waals surface area (Å²) in [5, 5.41) is 0.866. The maximum absolute atomic E-state index is 5.46. The Labute approximate surface area is 116 Å². The molecule has 1 aromatic heterocycles. The van der Waals surface area contributed by atoms with Crippen molar-refractivity contribution in [1.82, 2.24) is 9.97 Å². The third-order valence-electron chi connectivity index (χ3n) is 2.63. The Kier molecular flexibility index (Phi) is 4.24. The molecule has 0 aliphatic heterocycles. The monoisotopic (exact) mass is 276 g/mol. The van der Waals surface area contributed by atoms with Gasteiger partial charge in [0, 0.05) is 5.56 Å². The van der Waals surface area contributed by atoms with E-state index in [0.29, 0.717) is 11.6 Å². The second-order valence-corrected chi connectivity index (χ2v) is 4.98. The number of nitrogen functional groups attached to an aromatic ring is 1. The summed E-state index contributed by atoms with van der Waals surface area (Å²) >= 11 is 1.54. The number of benzene rings is 1. The number of nitrogens with one attached hydrogen (secondary N) is 1. The number of anilines is 1. The van der Waals surface area contributed by atoms with E-state index in [-0.39, 0.29) is 0 Å². The lowest BCUT2D eigenvalue weighted by molar-refractivity contribution is 0.405. The highest BCUT2D eigenvalue weighted by Crippen LogP contribution is 2.36. The predicted molar refractivity (Wildman–Crippen MR) is 76.4 cm³/mol. The molecule has 5 nitrogen and oxygen atoms in total. The lowest BCUT2D eigenvalue weighted by Gasteiger charge is -2.11. The van der Waals surface area contributed by atoms with Crippen molar-refractivity contribution in [3.8, 4) is 5.75 Å². The van der Waals surface area contributed by atoms with E-state index in [1.165, 1.54) is 11.8 Å². The van der Waals surface area contributed by atoms with E-state index in [4.69, 9.17) is 10.6 Å². The predicted octanol–water partition coefficient (Wildman–Crippen LogP) is 2.54. The Morgan fingerprint density at radius 2 is 1.95 bits per heavy atom. The van der Waals surface area contributed by atoms with E-state index < -0.39 is 0 Å². The number of rotatable bonds is 4. The molecule has 100 valence electrons. The molecule has 6 heteroatoms. The normalized spacial score (nSPS) is 10.3. The highest BCUT2D eigenvalue weighted by Gasteiger charge is 2.12. The van der Waals surface area contributed by atoms with Crippen LogP contribution in [0.5, 0.6) is 5.75 Å². The number of aromatic nitrogens is 2. The summed E-state index contributed by atoms with van der Waals surface area (Å²) < 4.78 is 5.34. The van der Waals surface area contributed by atoms with Crippen LogP contribution in [0.25, 0.3) is 0 Å². The summed E-state index contributed by atoms with van der Waals surface area (Å²) in [7, 11) is 1.66. The first kappa shape index (κ1) is 13.6. The number of hydrazine groups is 1. The fourth-order valence-electron chi connectivity index (χ4n) is 1.65. The molecular formula is C13H16N4OS. The standard InChI is InChI=1S/C13H16N4OS/c1-8-12(17-14)15-9(2)16-13(8)19-11-7-5-4-6-10(11)18-3/h4-7H,14H2,1-3H3,(H,15,16,17). The van der Waals surface area contributed by atoms with Crippen molar-refractivity contribution >= 4 is 17.6 Å². The Morgan fingerprint density at radius 3 is 2.63 bits per heavy atom. The molecule has 0 unspecified atom stereocenters. The number of methoxy groups -OCH3 is 1. The molecule has 19 heavy (non-hydrogen) atoms. The minimum absolute atomic E-state index is 0.643. The maximum Gasteiger partial charge on any atom is 0.147 e. The minimum Gasteiger partial charge on any atom is -0.496 e. The van der Waals surface area contributed by atoms with Crippen molar-refractivity contribution in [2.24, 2.45) is 5.84 Å². The van der Waals surface area contributed by atoms with Crippen LogP contribution in [0.4, 0.5) is 5.82 Å². The van der Waals surface area contributed by atoms with Crippen molar-refractivity contribution < 1.29 is 4.74 Å². The van der Waals surface area contributed by atoms with Gasteiger partial charge in [-0.25, -0.2) is 15.8 Å². The van der Waals surface area contributed by atoms with Gasteiger partial charge in [0.25, 0.3) is 0 Å². The number of ether oxygens (including phenoxy) is 1. The van der Waals surface area contributed by atoms with Crippen molar-refractivity contribution in [3.05, 3.63) is 35.7 Å². The SMILES string of the molecule is COc1ccccc1Sc1nc(C)nc(NN)c1C. The third-order valence-corrected chi connectivity index (χ3v) is 3.77. The van der Waals surface area contributed by atoms with Gasteiger partial charge in [0.1, 0.15) is 22.4 Å². The van der Waals surface area contributed by atoms with Crippen LogP contribution in [0.2, 0.25) is 0 Å². The van der Waals surface area contributed by atoms with Crippen LogP contribution in [-0.2, 0) is 0 Å². The Bertz CT molecular complexity index is 589. The number of nitrogens with zero attached hydrogens (tertiary/aromatic N) is 2. The van der Waals surface area contributed by atoms with Gasteiger partial charge in [-0.3, -0.25) is 0 Å². The molecule has 0 saturated carbocycles. The van der Waals surface area contributed by atoms with E-state index in [1.807, 2.05) is 38.1 Å². The van der Waals surface area contributed by atoms with Crippen LogP contribution in [0.3, 0.4) is 0 Å². The molecule has 2 aromatic rings. The molecule has 0 bridgehead atoms. The molecule has 0 amide bonds. The number of aryl methyl sites for hydroxylation is 1. The minimum atomic E-state index is 0.643. The smallest absolute Gasteiger partial charge is 0.147 e. The van der Waals surface area contributed by atoms with Gasteiger partial charge in [-0.05, 0) is 26.0 Å². The van der Waals surface area contributed by atoms with E-state index in [9.17, 15) is 0 Å². The molecule has 0 aliphatic rings. The first-order valence-corrected chi connectivity index (χ1v) is 6.60. The maximum atomic E-state index is 5.46. The summed E-state index contributed by atoms with van der Waals surface area (Å²) in [5.41, 5.74) is 3.52. The van der Waals surface area contributed by atoms with Gasteiger partial charge in [-0.15, -0.1) is 0 Å². The summed E-state index contributed by atoms with van der Waals surface area (Å²) in [4.78, 5) is 9.71. The largest absolute Gasteiger partial charge is 0.496 e. The molecule has 0 saturated heterocycles. The van der Waals surface area contributed by atoms with Crippen LogP contribution < -0.4 is 16.0 Å². The molecule has 0 aliphatic carbocycles. The molecule has 0 atom stereocenters. The van der Waals surface area contributed by atoms with Crippen LogP contribution in [0.15, 0.2) is 34.2 Å². The highest BCUT2D eigenvalue weighted by atomic mass is 32.2. The third kappa shape index (κ3) is 2.97. The summed E-state index contributed by atoms with van der Waals surface area (Å²) in [6, 6.07) is 7.83. The number of nitrogens with two attached hydrogens (primary N) is 1. The lowest BCUT2D eigenvalue weighted by Crippen LogP contribution is -2.12. The molecular weight excluding hydrogens is 260 g/mol. The zero-order chi connectivity index (χ0) is 13.8. The first-order valence-electron chi connectivity index (χ1n) is 5.78. The summed E-state index contributed by atoms with van der Waals surface area (Å²) in [6.07, 6.45) is 0. The highest BCUT2D eigenvalue weighted by molar-refractivity contribution is 7.99. The van der Waals surface area contributed by atoms with Crippen molar-refractivity contribution in [3.63, 3.8) is 0 Å². The molecule has 1 heterocycles. The van der Waals surface area contributed by atoms with Crippen molar-refractivity contribution in [2.45, 2.75) is 23.8 Å². The molecule has 3 N–H and O–H groups in total. The second-order valence-electron chi connectivity index (χ2n) is 3.95. The zero-order valence-corrected chi connectivity index (χ0v) is 11.9. The number of para-hydroxylation sites is 1. The van der Waals surface area contributed by atoms with E-state index in [2.05, 4.69) is 15.4 Å².